The number of imidazole rings is 1. The molecule has 2 aromatic rings. The molecule has 6 nitrogen and oxygen atoms in total. The summed E-state index contributed by atoms with van der Waals surface area (Å²) in [5.74, 6) is 0.813. The van der Waals surface area contributed by atoms with Gasteiger partial charge in [-0.15, -0.1) is 12.4 Å². The van der Waals surface area contributed by atoms with Gasteiger partial charge in [0.05, 0.1) is 0 Å². The van der Waals surface area contributed by atoms with Crippen LogP contribution in [0.3, 0.4) is 0 Å². The van der Waals surface area contributed by atoms with Crippen molar-refractivity contribution in [2.24, 2.45) is 0 Å². The van der Waals surface area contributed by atoms with Gasteiger partial charge >= 0.3 is 0 Å². The second kappa shape index (κ2) is 6.76. The van der Waals surface area contributed by atoms with Crippen LogP contribution in [0.4, 0.5) is 5.69 Å². The fourth-order valence-corrected chi connectivity index (χ4v) is 5.74. The van der Waals surface area contributed by atoms with Crippen molar-refractivity contribution in [3.8, 4) is 0 Å². The lowest BCUT2D eigenvalue weighted by Gasteiger charge is -2.18. The summed E-state index contributed by atoms with van der Waals surface area (Å²) in [6.45, 7) is 2.33. The molecule has 1 aromatic heterocycles. The molecule has 0 saturated carbocycles. The van der Waals surface area contributed by atoms with E-state index in [1.807, 2.05) is 12.1 Å². The number of hydrogen-bond donors (Lipinski definition) is 2. The fraction of sp³-hybridized carbons (Fsp3) is 0.357. The minimum atomic E-state index is -3.76. The molecule has 1 aromatic carbocycles. The van der Waals surface area contributed by atoms with Gasteiger partial charge in [0.1, 0.15) is 0 Å². The number of fused-ring (bicyclic) bond motifs is 2. The van der Waals surface area contributed by atoms with E-state index < -0.39 is 10.0 Å². The van der Waals surface area contributed by atoms with Crippen LogP contribution in [0.25, 0.3) is 0 Å². The van der Waals surface area contributed by atoms with Crippen LogP contribution in [0.2, 0.25) is 5.15 Å². The normalized spacial score (nSPS) is 16.2. The van der Waals surface area contributed by atoms with Crippen LogP contribution in [0.15, 0.2) is 28.4 Å². The third-order valence-corrected chi connectivity index (χ3v) is 6.75. The van der Waals surface area contributed by atoms with Gasteiger partial charge in [-0.3, -0.25) is 4.72 Å². The molecule has 0 bridgehead atoms. The Morgan fingerprint density at radius 2 is 2.17 bits per heavy atom. The average Bonchev–Trinajstić information content (AvgIpc) is 3.06. The Kier molecular flexibility index (Phi) is 5.04. The lowest BCUT2D eigenvalue weighted by atomic mass is 10.0. The molecule has 3 heterocycles. The first kappa shape index (κ1) is 17.9. The maximum absolute atomic E-state index is 12.7. The minimum Gasteiger partial charge on any atom is -0.312 e. The summed E-state index contributed by atoms with van der Waals surface area (Å²) in [6, 6.07) is 5.64. The van der Waals surface area contributed by atoms with Crippen LogP contribution in [0.1, 0.15) is 11.1 Å². The fourth-order valence-electron chi connectivity index (χ4n) is 2.93. The van der Waals surface area contributed by atoms with Crippen molar-refractivity contribution in [2.45, 2.75) is 29.7 Å². The number of hydrogen-bond acceptors (Lipinski definition) is 5. The minimum absolute atomic E-state index is 0. The van der Waals surface area contributed by atoms with Crippen molar-refractivity contribution in [3.05, 3.63) is 34.5 Å². The van der Waals surface area contributed by atoms with E-state index in [4.69, 9.17) is 11.6 Å². The Morgan fingerprint density at radius 1 is 1.33 bits per heavy atom. The number of nitrogens with zero attached hydrogens (tertiary/aromatic N) is 2. The number of benzene rings is 1. The summed E-state index contributed by atoms with van der Waals surface area (Å²) in [4.78, 5) is 4.13. The zero-order valence-electron chi connectivity index (χ0n) is 12.6. The van der Waals surface area contributed by atoms with Crippen molar-refractivity contribution in [1.82, 2.24) is 14.9 Å². The molecule has 10 heteroatoms. The molecular weight excluding hydrogens is 391 g/mol. The first-order valence-corrected chi connectivity index (χ1v) is 10.1. The first-order valence-electron chi connectivity index (χ1n) is 7.29. The molecule has 0 saturated heterocycles. The third kappa shape index (κ3) is 3.13. The average molecular weight is 407 g/mol. The van der Waals surface area contributed by atoms with Crippen molar-refractivity contribution in [3.63, 3.8) is 0 Å². The van der Waals surface area contributed by atoms with E-state index in [1.54, 1.807) is 10.6 Å². The molecule has 0 amide bonds. The second-order valence-corrected chi connectivity index (χ2v) is 8.52. The predicted octanol–water partition coefficient (Wildman–Crippen LogP) is 2.51. The van der Waals surface area contributed by atoms with E-state index in [-0.39, 0.29) is 22.6 Å². The Morgan fingerprint density at radius 3 is 3.00 bits per heavy atom. The second-order valence-electron chi connectivity index (χ2n) is 5.51. The molecular formula is C14H16Cl2N4O2S2. The molecule has 2 N–H and O–H groups in total. The van der Waals surface area contributed by atoms with Crippen LogP contribution >= 0.6 is 35.8 Å². The van der Waals surface area contributed by atoms with Gasteiger partial charge in [-0.05, 0) is 36.2 Å². The van der Waals surface area contributed by atoms with Crippen LogP contribution in [0, 0.1) is 0 Å². The molecule has 130 valence electrons. The largest absolute Gasteiger partial charge is 0.312 e. The number of thioether (sulfide) groups is 1. The Bertz CT molecular complexity index is 883. The monoisotopic (exact) mass is 406 g/mol. The lowest BCUT2D eigenvalue weighted by Crippen LogP contribution is -2.24. The van der Waals surface area contributed by atoms with E-state index in [0.717, 1.165) is 25.3 Å². The summed E-state index contributed by atoms with van der Waals surface area (Å²) < 4.78 is 29.8. The third-order valence-electron chi connectivity index (χ3n) is 3.99. The Labute approximate surface area is 155 Å². The molecule has 2 aliphatic heterocycles. The highest BCUT2D eigenvalue weighted by atomic mass is 35.5. The van der Waals surface area contributed by atoms with E-state index in [9.17, 15) is 8.42 Å². The summed E-state index contributed by atoms with van der Waals surface area (Å²) in [6.07, 6.45) is 0.893. The van der Waals surface area contributed by atoms with Crippen molar-refractivity contribution in [2.75, 3.05) is 17.0 Å². The SMILES string of the molecule is Cl.O=S(=O)(Nc1ccc2c(c1)CCNC2)c1c(Cl)nc2n1CCS2. The number of rotatable bonds is 3. The highest BCUT2D eigenvalue weighted by Gasteiger charge is 2.30. The zero-order valence-corrected chi connectivity index (χ0v) is 15.8. The highest BCUT2D eigenvalue weighted by molar-refractivity contribution is 7.99. The highest BCUT2D eigenvalue weighted by Crippen LogP contribution is 2.34. The van der Waals surface area contributed by atoms with Gasteiger partial charge in [-0.1, -0.05) is 29.4 Å². The topological polar surface area (TPSA) is 76.0 Å². The van der Waals surface area contributed by atoms with Crippen molar-refractivity contribution >= 4 is 51.5 Å². The molecule has 4 rings (SSSR count). The number of sulfonamides is 1. The van der Waals surface area contributed by atoms with Gasteiger partial charge in [0, 0.05) is 24.5 Å². The van der Waals surface area contributed by atoms with E-state index in [1.165, 1.54) is 22.9 Å². The molecule has 24 heavy (non-hydrogen) atoms. The van der Waals surface area contributed by atoms with Gasteiger partial charge in [0.2, 0.25) is 0 Å². The van der Waals surface area contributed by atoms with Crippen LogP contribution in [-0.4, -0.2) is 30.3 Å². The maximum atomic E-state index is 12.7. The van der Waals surface area contributed by atoms with Gasteiger partial charge < -0.3 is 9.88 Å². The molecule has 0 unspecified atom stereocenters. The molecule has 0 aliphatic carbocycles. The van der Waals surface area contributed by atoms with Gasteiger partial charge in [0.25, 0.3) is 10.0 Å². The number of anilines is 1. The quantitative estimate of drug-likeness (QED) is 0.818. The lowest BCUT2D eigenvalue weighted by molar-refractivity contribution is 0.577. The van der Waals surface area contributed by atoms with Crippen LogP contribution in [0.5, 0.6) is 0 Å². The molecule has 0 atom stereocenters. The number of aromatic nitrogens is 2. The molecule has 2 aliphatic rings. The van der Waals surface area contributed by atoms with Gasteiger partial charge in [0.15, 0.2) is 15.3 Å². The molecule has 0 fully saturated rings. The van der Waals surface area contributed by atoms with Crippen LogP contribution in [-0.2, 0) is 29.5 Å². The van der Waals surface area contributed by atoms with E-state index >= 15 is 0 Å². The maximum Gasteiger partial charge on any atom is 0.280 e. The summed E-state index contributed by atoms with van der Waals surface area (Å²) in [5.41, 5.74) is 2.94. The van der Waals surface area contributed by atoms with E-state index in [2.05, 4.69) is 15.0 Å². The Balaban J connectivity index is 0.00000169. The van der Waals surface area contributed by atoms with Gasteiger partial charge in [-0.25, -0.2) is 4.98 Å². The standard InChI is InChI=1S/C14H15ClN4O2S2.ClH/c15-12-13(19-5-6-22-14(19)17-12)23(20,21)18-11-2-1-10-8-16-4-3-9(10)7-11;/h1-2,7,16,18H,3-6,8H2;1H. The zero-order chi connectivity index (χ0) is 16.0. The van der Waals surface area contributed by atoms with Crippen molar-refractivity contribution < 1.29 is 8.42 Å². The summed E-state index contributed by atoms with van der Waals surface area (Å²) in [7, 11) is -3.76. The molecule has 0 radical (unpaired) electrons. The van der Waals surface area contributed by atoms with E-state index in [0.29, 0.717) is 17.4 Å². The summed E-state index contributed by atoms with van der Waals surface area (Å²) in [5, 5.41) is 4.04. The smallest absolute Gasteiger partial charge is 0.280 e. The van der Waals surface area contributed by atoms with Crippen molar-refractivity contribution in [1.29, 1.82) is 0 Å². The molecule has 0 spiro atoms. The van der Waals surface area contributed by atoms with Gasteiger partial charge in [-0.2, -0.15) is 8.42 Å². The first-order chi connectivity index (χ1) is 11.0. The number of nitrogens with one attached hydrogen (secondary N) is 2. The number of halogens is 2. The Hall–Kier alpha value is -0.930. The summed E-state index contributed by atoms with van der Waals surface area (Å²) >= 11 is 7.57. The predicted molar refractivity (Wildman–Crippen MR) is 97.9 cm³/mol. The van der Waals surface area contributed by atoms with Crippen LogP contribution < -0.4 is 10.0 Å².